The van der Waals surface area contributed by atoms with Crippen LogP contribution in [0.25, 0.3) is 11.0 Å². The van der Waals surface area contributed by atoms with Crippen LogP contribution in [0.5, 0.6) is 0 Å². The lowest BCUT2D eigenvalue weighted by atomic mass is 10.2. The summed E-state index contributed by atoms with van der Waals surface area (Å²) in [6.07, 6.45) is 3.91. The van der Waals surface area contributed by atoms with E-state index in [0.717, 1.165) is 33.4 Å². The molecule has 1 unspecified atom stereocenters. The number of anilines is 1. The van der Waals surface area contributed by atoms with E-state index in [4.69, 9.17) is 9.47 Å². The Morgan fingerprint density at radius 3 is 3.00 bits per heavy atom. The van der Waals surface area contributed by atoms with Crippen LogP contribution >= 0.6 is 35.4 Å². The number of fused-ring (bicyclic) bond motifs is 1. The summed E-state index contributed by atoms with van der Waals surface area (Å²) in [6.45, 7) is 3.52. The molecule has 0 amide bonds. The maximum Gasteiger partial charge on any atom is 0.150 e. The van der Waals surface area contributed by atoms with Crippen LogP contribution in [0.2, 0.25) is 0 Å². The van der Waals surface area contributed by atoms with E-state index in [-0.39, 0.29) is 6.10 Å². The molecule has 0 aliphatic carbocycles. The zero-order valence-corrected chi connectivity index (χ0v) is 17.3. The van der Waals surface area contributed by atoms with E-state index < -0.39 is 0 Å². The molecule has 1 fully saturated rings. The molecule has 136 valence electrons. The van der Waals surface area contributed by atoms with Crippen molar-refractivity contribution >= 4 is 52.1 Å². The Morgan fingerprint density at radius 1 is 1.31 bits per heavy atom. The maximum atomic E-state index is 6.11. The quantitative estimate of drug-likeness (QED) is 0.455. The smallest absolute Gasteiger partial charge is 0.150 e. The molecule has 1 aliphatic heterocycles. The Labute approximate surface area is 172 Å². The van der Waals surface area contributed by atoms with Crippen LogP contribution in [0, 0.1) is 3.57 Å². The molecular formula is C19H20IN3O2S. The maximum absolute atomic E-state index is 6.11. The highest BCUT2D eigenvalue weighted by Crippen LogP contribution is 2.27. The van der Waals surface area contributed by atoms with Gasteiger partial charge < -0.3 is 14.4 Å². The molecule has 0 N–H and O–H groups in total. The third kappa shape index (κ3) is 4.00. The summed E-state index contributed by atoms with van der Waals surface area (Å²) in [6, 6.07) is 12.4. The van der Waals surface area contributed by atoms with Crippen molar-refractivity contribution in [3.05, 3.63) is 57.9 Å². The number of nitrogens with zero attached hydrogens (tertiary/aromatic N) is 3. The summed E-state index contributed by atoms with van der Waals surface area (Å²) in [5.74, 6) is 0. The molecule has 3 heterocycles. The van der Waals surface area contributed by atoms with Crippen molar-refractivity contribution in [1.82, 2.24) is 8.96 Å². The van der Waals surface area contributed by atoms with Gasteiger partial charge in [-0.25, -0.2) is 4.98 Å². The number of ether oxygens (including phenoxy) is 2. The zero-order valence-electron chi connectivity index (χ0n) is 14.2. The van der Waals surface area contributed by atoms with E-state index in [2.05, 4.69) is 63.5 Å². The van der Waals surface area contributed by atoms with E-state index >= 15 is 0 Å². The summed E-state index contributed by atoms with van der Waals surface area (Å²) in [5.41, 5.74) is 3.15. The van der Waals surface area contributed by atoms with Gasteiger partial charge in [0.05, 0.1) is 37.8 Å². The van der Waals surface area contributed by atoms with Gasteiger partial charge in [-0.2, -0.15) is 0 Å². The molecule has 1 atom stereocenters. The molecule has 0 saturated carbocycles. The molecule has 1 aromatic carbocycles. The molecule has 26 heavy (non-hydrogen) atoms. The minimum Gasteiger partial charge on any atom is -0.377 e. The molecule has 2 aromatic heterocycles. The first-order valence-corrected chi connectivity index (χ1v) is 10.0. The van der Waals surface area contributed by atoms with Gasteiger partial charge >= 0.3 is 0 Å². The lowest BCUT2D eigenvalue weighted by Gasteiger charge is -2.25. The lowest BCUT2D eigenvalue weighted by Crippen LogP contribution is -2.34. The van der Waals surface area contributed by atoms with Gasteiger partial charge in [-0.15, -0.1) is 0 Å². The van der Waals surface area contributed by atoms with Gasteiger partial charge in [-0.05, 0) is 34.2 Å². The highest BCUT2D eigenvalue weighted by atomic mass is 127. The molecule has 3 aromatic rings. The number of hydrogen-bond acceptors (Lipinski definition) is 5. The van der Waals surface area contributed by atoms with Crippen molar-refractivity contribution in [3.8, 4) is 0 Å². The SMILES string of the molecule is Sn1cc(I)c2cc(N3CCOCC(OCc4ccccc4)C3)cnc21. The minimum atomic E-state index is 0.0296. The fourth-order valence-corrected chi connectivity index (χ4v) is 4.29. The largest absolute Gasteiger partial charge is 0.377 e. The third-order valence-corrected chi connectivity index (χ3v) is 5.65. The van der Waals surface area contributed by atoms with E-state index in [0.29, 0.717) is 19.8 Å². The Morgan fingerprint density at radius 2 is 2.15 bits per heavy atom. The molecular weight excluding hydrogens is 461 g/mol. The number of halogens is 1. The predicted octanol–water partition coefficient (Wildman–Crippen LogP) is 3.76. The van der Waals surface area contributed by atoms with Crippen LogP contribution < -0.4 is 4.90 Å². The highest BCUT2D eigenvalue weighted by Gasteiger charge is 2.21. The second-order valence-corrected chi connectivity index (χ2v) is 7.92. The van der Waals surface area contributed by atoms with E-state index in [1.54, 1.807) is 3.97 Å². The second-order valence-electron chi connectivity index (χ2n) is 6.33. The molecule has 0 radical (unpaired) electrons. The summed E-state index contributed by atoms with van der Waals surface area (Å²) >= 11 is 6.74. The summed E-state index contributed by atoms with van der Waals surface area (Å²) in [4.78, 5) is 6.88. The van der Waals surface area contributed by atoms with Crippen LogP contribution in [-0.2, 0) is 16.1 Å². The second kappa shape index (κ2) is 8.16. The van der Waals surface area contributed by atoms with E-state index in [9.17, 15) is 0 Å². The van der Waals surface area contributed by atoms with E-state index in [1.807, 2.05) is 30.6 Å². The lowest BCUT2D eigenvalue weighted by molar-refractivity contribution is -0.00795. The number of hydrogen-bond donors (Lipinski definition) is 1. The molecule has 4 rings (SSSR count). The first-order chi connectivity index (χ1) is 12.7. The average Bonchev–Trinajstić information content (AvgIpc) is 2.84. The van der Waals surface area contributed by atoms with Crippen molar-refractivity contribution in [2.24, 2.45) is 0 Å². The van der Waals surface area contributed by atoms with Gasteiger partial charge in [-0.1, -0.05) is 43.1 Å². The predicted molar refractivity (Wildman–Crippen MR) is 115 cm³/mol. The van der Waals surface area contributed by atoms with Crippen molar-refractivity contribution in [2.75, 3.05) is 31.2 Å². The van der Waals surface area contributed by atoms with Crippen molar-refractivity contribution in [2.45, 2.75) is 12.7 Å². The van der Waals surface area contributed by atoms with Crippen LogP contribution in [-0.4, -0.2) is 41.4 Å². The van der Waals surface area contributed by atoms with Crippen LogP contribution in [0.15, 0.2) is 48.8 Å². The van der Waals surface area contributed by atoms with Gasteiger partial charge in [0, 0.05) is 28.2 Å². The van der Waals surface area contributed by atoms with Gasteiger partial charge in [-0.3, -0.25) is 3.97 Å². The van der Waals surface area contributed by atoms with Gasteiger partial charge in [0.25, 0.3) is 0 Å². The van der Waals surface area contributed by atoms with Crippen molar-refractivity contribution in [3.63, 3.8) is 0 Å². The normalized spacial score (nSPS) is 18.2. The average molecular weight is 481 g/mol. The third-order valence-electron chi connectivity index (χ3n) is 4.49. The standard InChI is InChI=1S/C19H20IN3O2S/c20-18-11-23(26)19-17(18)8-15(9-21-19)22-6-7-24-13-16(10-22)25-12-14-4-2-1-3-5-14/h1-5,8-9,11,16,26H,6-7,10,12-13H2. The van der Waals surface area contributed by atoms with Crippen LogP contribution in [0.3, 0.4) is 0 Å². The number of thiol groups is 1. The van der Waals surface area contributed by atoms with Gasteiger partial charge in [0.1, 0.15) is 0 Å². The highest BCUT2D eigenvalue weighted by molar-refractivity contribution is 14.1. The zero-order chi connectivity index (χ0) is 17.9. The number of pyridine rings is 1. The van der Waals surface area contributed by atoms with Crippen LogP contribution in [0.4, 0.5) is 5.69 Å². The van der Waals surface area contributed by atoms with E-state index in [1.165, 1.54) is 5.56 Å². The summed E-state index contributed by atoms with van der Waals surface area (Å²) < 4.78 is 14.8. The fraction of sp³-hybridized carbons (Fsp3) is 0.316. The topological polar surface area (TPSA) is 39.5 Å². The Bertz CT molecular complexity index is 887. The number of aromatic nitrogens is 2. The Hall–Kier alpha value is -1.29. The van der Waals surface area contributed by atoms with Gasteiger partial charge in [0.15, 0.2) is 5.65 Å². The molecule has 5 nitrogen and oxygen atoms in total. The van der Waals surface area contributed by atoms with Gasteiger partial charge in [0.2, 0.25) is 0 Å². The first kappa shape index (κ1) is 18.1. The molecule has 7 heteroatoms. The number of benzene rings is 1. The van der Waals surface area contributed by atoms with Crippen LogP contribution in [0.1, 0.15) is 5.56 Å². The Balaban J connectivity index is 1.49. The van der Waals surface area contributed by atoms with Crippen molar-refractivity contribution < 1.29 is 9.47 Å². The first-order valence-electron chi connectivity index (χ1n) is 8.55. The fourth-order valence-electron chi connectivity index (χ4n) is 3.12. The van der Waals surface area contributed by atoms with Crippen molar-refractivity contribution in [1.29, 1.82) is 0 Å². The molecule has 1 aliphatic rings. The number of rotatable bonds is 4. The molecule has 0 bridgehead atoms. The Kier molecular flexibility index (Phi) is 5.68. The molecule has 1 saturated heterocycles. The monoisotopic (exact) mass is 481 g/mol. The summed E-state index contributed by atoms with van der Waals surface area (Å²) in [5, 5.41) is 1.12. The minimum absolute atomic E-state index is 0.0296. The summed E-state index contributed by atoms with van der Waals surface area (Å²) in [7, 11) is 0. The molecule has 0 spiro atoms.